The summed E-state index contributed by atoms with van der Waals surface area (Å²) in [7, 11) is 0. The molecule has 1 aromatic heterocycles. The van der Waals surface area contributed by atoms with Crippen LogP contribution < -0.4 is 0 Å². The molecule has 0 amide bonds. The molecule has 90 valence electrons. The molecule has 0 spiro atoms. The summed E-state index contributed by atoms with van der Waals surface area (Å²) < 4.78 is 44.8. The van der Waals surface area contributed by atoms with Gasteiger partial charge in [0.15, 0.2) is 5.69 Å². The van der Waals surface area contributed by atoms with Crippen LogP contribution >= 0.6 is 0 Å². The van der Waals surface area contributed by atoms with Gasteiger partial charge in [-0.15, -0.1) is 0 Å². The van der Waals surface area contributed by atoms with E-state index in [2.05, 4.69) is 5.10 Å². The average Bonchev–Trinajstić information content (AvgIpc) is 2.56. The van der Waals surface area contributed by atoms with Crippen LogP contribution in [0.4, 0.5) is 13.2 Å². The lowest BCUT2D eigenvalue weighted by molar-refractivity contribution is -0.142. The van der Waals surface area contributed by atoms with Crippen molar-refractivity contribution in [1.82, 2.24) is 9.78 Å². The van der Waals surface area contributed by atoms with Crippen LogP contribution in [0.15, 0.2) is 0 Å². The fourth-order valence-corrected chi connectivity index (χ4v) is 1.92. The van der Waals surface area contributed by atoms with Crippen LogP contribution in [0, 0.1) is 0 Å². The molecular weight excluding hydrogens is 221 g/mol. The highest BCUT2D eigenvalue weighted by atomic mass is 19.4. The smallest absolute Gasteiger partial charge is 0.375 e. The number of hydrogen-bond donors (Lipinski definition) is 0. The largest absolute Gasteiger partial charge is 0.435 e. The van der Waals surface area contributed by atoms with Crippen molar-refractivity contribution >= 4 is 0 Å². The summed E-state index contributed by atoms with van der Waals surface area (Å²) in [4.78, 5) is 0. The molecule has 1 aliphatic rings. The molecule has 2 rings (SSSR count). The van der Waals surface area contributed by atoms with Gasteiger partial charge in [0.2, 0.25) is 0 Å². The van der Waals surface area contributed by atoms with Gasteiger partial charge < -0.3 is 4.74 Å². The average molecular weight is 234 g/mol. The molecule has 0 fully saturated rings. The van der Waals surface area contributed by atoms with Gasteiger partial charge in [0.25, 0.3) is 0 Å². The molecule has 3 nitrogen and oxygen atoms in total. The second-order valence-corrected chi connectivity index (χ2v) is 4.11. The molecule has 0 unspecified atom stereocenters. The summed E-state index contributed by atoms with van der Waals surface area (Å²) in [5.74, 6) is 0. The predicted molar refractivity (Wildman–Crippen MR) is 51.0 cm³/mol. The zero-order valence-corrected chi connectivity index (χ0v) is 9.14. The van der Waals surface area contributed by atoms with Gasteiger partial charge >= 0.3 is 6.18 Å². The first kappa shape index (κ1) is 11.4. The molecule has 0 bridgehead atoms. The normalized spacial score (nSPS) is 16.6. The Bertz CT molecular complexity index is 396. The molecule has 1 aliphatic heterocycles. The predicted octanol–water partition coefficient (Wildman–Crippen LogP) is 2.56. The molecule has 0 radical (unpaired) electrons. The van der Waals surface area contributed by atoms with E-state index in [0.717, 1.165) is 0 Å². The molecule has 16 heavy (non-hydrogen) atoms. The number of halogens is 3. The van der Waals surface area contributed by atoms with Crippen molar-refractivity contribution in [2.24, 2.45) is 0 Å². The summed E-state index contributed by atoms with van der Waals surface area (Å²) in [6, 6.07) is -0.0912. The van der Waals surface area contributed by atoms with Gasteiger partial charge in [-0.1, -0.05) is 0 Å². The third kappa shape index (κ3) is 1.81. The lowest BCUT2D eigenvalue weighted by Crippen LogP contribution is -2.15. The topological polar surface area (TPSA) is 27.1 Å². The molecule has 0 atom stereocenters. The van der Waals surface area contributed by atoms with Gasteiger partial charge in [-0.3, -0.25) is 4.68 Å². The highest BCUT2D eigenvalue weighted by Gasteiger charge is 2.39. The van der Waals surface area contributed by atoms with Crippen LogP contribution in [-0.4, -0.2) is 16.4 Å². The molecule has 0 N–H and O–H groups in total. The van der Waals surface area contributed by atoms with Crippen molar-refractivity contribution in [1.29, 1.82) is 0 Å². The van der Waals surface area contributed by atoms with Gasteiger partial charge in [0.05, 0.1) is 18.9 Å². The summed E-state index contributed by atoms with van der Waals surface area (Å²) in [6.07, 6.45) is -4.08. The van der Waals surface area contributed by atoms with E-state index >= 15 is 0 Å². The van der Waals surface area contributed by atoms with Crippen LogP contribution in [0.2, 0.25) is 0 Å². The molecule has 0 saturated carbocycles. The number of rotatable bonds is 1. The number of hydrogen-bond acceptors (Lipinski definition) is 2. The third-order valence-electron chi connectivity index (χ3n) is 2.61. The van der Waals surface area contributed by atoms with Crippen molar-refractivity contribution in [3.63, 3.8) is 0 Å². The van der Waals surface area contributed by atoms with Gasteiger partial charge in [-0.2, -0.15) is 18.3 Å². The van der Waals surface area contributed by atoms with E-state index < -0.39 is 11.9 Å². The Kier molecular flexibility index (Phi) is 2.69. The Balaban J connectivity index is 2.55. The van der Waals surface area contributed by atoms with E-state index in [0.29, 0.717) is 17.9 Å². The lowest BCUT2D eigenvalue weighted by Gasteiger charge is -2.16. The molecule has 2 heterocycles. The molecule has 0 aromatic carbocycles. The van der Waals surface area contributed by atoms with E-state index in [1.807, 2.05) is 13.8 Å². The fourth-order valence-electron chi connectivity index (χ4n) is 1.92. The second-order valence-electron chi connectivity index (χ2n) is 4.11. The second kappa shape index (κ2) is 3.76. The van der Waals surface area contributed by atoms with E-state index in [1.165, 1.54) is 4.68 Å². The Hall–Kier alpha value is -1.04. The standard InChI is InChI=1S/C10H13F3N2O/c1-6(2)15-8-5-16-4-3-7(8)9(14-15)10(11,12)13/h6H,3-5H2,1-2H3. The van der Waals surface area contributed by atoms with Gasteiger partial charge in [0.1, 0.15) is 0 Å². The number of aromatic nitrogens is 2. The highest BCUT2D eigenvalue weighted by molar-refractivity contribution is 5.30. The minimum Gasteiger partial charge on any atom is -0.375 e. The summed E-state index contributed by atoms with van der Waals surface area (Å²) >= 11 is 0. The van der Waals surface area contributed by atoms with Crippen molar-refractivity contribution in [3.05, 3.63) is 17.0 Å². The Morgan fingerprint density at radius 1 is 1.38 bits per heavy atom. The zero-order chi connectivity index (χ0) is 11.9. The minimum atomic E-state index is -4.37. The van der Waals surface area contributed by atoms with Crippen LogP contribution in [0.3, 0.4) is 0 Å². The van der Waals surface area contributed by atoms with Crippen molar-refractivity contribution in [2.45, 2.75) is 39.1 Å². The summed E-state index contributed by atoms with van der Waals surface area (Å²) in [5, 5.41) is 3.67. The Labute approximate surface area is 91.2 Å². The first-order valence-corrected chi connectivity index (χ1v) is 5.16. The van der Waals surface area contributed by atoms with Crippen molar-refractivity contribution in [2.75, 3.05) is 6.61 Å². The van der Waals surface area contributed by atoms with Gasteiger partial charge in [0, 0.05) is 11.6 Å². The number of ether oxygens (including phenoxy) is 1. The van der Waals surface area contributed by atoms with Crippen LogP contribution in [0.5, 0.6) is 0 Å². The van der Waals surface area contributed by atoms with E-state index in [-0.39, 0.29) is 19.1 Å². The third-order valence-corrected chi connectivity index (χ3v) is 2.61. The van der Waals surface area contributed by atoms with Crippen LogP contribution in [0.25, 0.3) is 0 Å². The minimum absolute atomic E-state index is 0.0912. The first-order chi connectivity index (χ1) is 7.41. The molecule has 1 aromatic rings. The Morgan fingerprint density at radius 2 is 2.06 bits per heavy atom. The van der Waals surface area contributed by atoms with E-state index in [4.69, 9.17) is 4.74 Å². The van der Waals surface area contributed by atoms with Gasteiger partial charge in [-0.05, 0) is 20.3 Å². The highest BCUT2D eigenvalue weighted by Crippen LogP contribution is 2.35. The maximum atomic E-state index is 12.7. The molecule has 0 aliphatic carbocycles. The monoisotopic (exact) mass is 234 g/mol. The number of alkyl halides is 3. The first-order valence-electron chi connectivity index (χ1n) is 5.16. The fraction of sp³-hybridized carbons (Fsp3) is 0.700. The van der Waals surface area contributed by atoms with Crippen LogP contribution in [0.1, 0.15) is 36.8 Å². The zero-order valence-electron chi connectivity index (χ0n) is 9.14. The lowest BCUT2D eigenvalue weighted by atomic mass is 10.1. The SMILES string of the molecule is CC(C)n1nc(C(F)(F)F)c2c1COCC2. The molecule has 6 heteroatoms. The van der Waals surface area contributed by atoms with Crippen molar-refractivity contribution in [3.8, 4) is 0 Å². The maximum Gasteiger partial charge on any atom is 0.435 e. The summed E-state index contributed by atoms with van der Waals surface area (Å²) in [6.45, 7) is 4.17. The van der Waals surface area contributed by atoms with Crippen molar-refractivity contribution < 1.29 is 17.9 Å². The number of nitrogens with zero attached hydrogens (tertiary/aromatic N) is 2. The quantitative estimate of drug-likeness (QED) is 0.746. The molecular formula is C10H13F3N2O. The summed E-state index contributed by atoms with van der Waals surface area (Å²) in [5.41, 5.74) is 0.112. The maximum absolute atomic E-state index is 12.7. The van der Waals surface area contributed by atoms with E-state index in [1.54, 1.807) is 0 Å². The molecule has 0 saturated heterocycles. The Morgan fingerprint density at radius 3 is 2.62 bits per heavy atom. The number of fused-ring (bicyclic) bond motifs is 1. The van der Waals surface area contributed by atoms with E-state index in [9.17, 15) is 13.2 Å². The van der Waals surface area contributed by atoms with Gasteiger partial charge in [-0.25, -0.2) is 0 Å². The van der Waals surface area contributed by atoms with Crippen LogP contribution in [-0.2, 0) is 23.9 Å².